The molecule has 0 aliphatic carbocycles. The lowest BCUT2D eigenvalue weighted by Gasteiger charge is -2.23. The van der Waals surface area contributed by atoms with Crippen molar-refractivity contribution in [1.82, 2.24) is 3.11 Å². The highest BCUT2D eigenvalue weighted by Crippen LogP contribution is 2.40. The highest BCUT2D eigenvalue weighted by molar-refractivity contribution is 14.1. The third-order valence-electron chi connectivity index (χ3n) is 5.11. The number of carboxylic acid groups (broad SMARTS) is 1. The maximum Gasteiger partial charge on any atom is 0.327 e. The van der Waals surface area contributed by atoms with Crippen molar-refractivity contribution < 1.29 is 24.5 Å². The number of aromatic hydroxyl groups is 1. The fourth-order valence-corrected chi connectivity index (χ4v) is 5.39. The number of phenols is 1. The molecule has 0 spiro atoms. The van der Waals surface area contributed by atoms with E-state index in [1.54, 1.807) is 53.2 Å². The molecular weight excluding hydrogens is 681 g/mol. The number of amides is 1. The second-order valence-corrected chi connectivity index (χ2v) is 10.7. The van der Waals surface area contributed by atoms with Gasteiger partial charge >= 0.3 is 5.97 Å². The minimum atomic E-state index is -1.09. The number of nitrogens with zero attached hydrogens (tertiary/aromatic N) is 1. The quantitative estimate of drug-likeness (QED) is 0.190. The summed E-state index contributed by atoms with van der Waals surface area (Å²) >= 11 is 8.68. The average molecular weight is 703 g/mol. The lowest BCUT2D eigenvalue weighted by molar-refractivity contribution is -0.140. The summed E-state index contributed by atoms with van der Waals surface area (Å²) in [6.07, 6.45) is 0.188. The third kappa shape index (κ3) is 6.31. The molecule has 2 N–H and O–H groups in total. The van der Waals surface area contributed by atoms with Gasteiger partial charge in [-0.1, -0.05) is 44.2 Å². The van der Waals surface area contributed by atoms with Crippen LogP contribution >= 0.6 is 54.7 Å². The summed E-state index contributed by atoms with van der Waals surface area (Å²) in [5, 5.41) is 19.8. The summed E-state index contributed by atoms with van der Waals surface area (Å²) < 4.78 is 8.26. The van der Waals surface area contributed by atoms with Gasteiger partial charge in [0.25, 0.3) is 5.91 Å². The molecule has 1 unspecified atom stereocenters. The molecule has 0 saturated carbocycles. The van der Waals surface area contributed by atoms with Crippen molar-refractivity contribution in [3.05, 3.63) is 86.3 Å². The number of carbonyl (C=O) groups excluding carboxylic acids is 1. The topological polar surface area (TPSA) is 87.1 Å². The van der Waals surface area contributed by atoms with E-state index in [1.807, 2.05) is 44.2 Å². The maximum absolute atomic E-state index is 13.2. The van der Waals surface area contributed by atoms with Crippen LogP contribution in [0.1, 0.15) is 41.3 Å². The number of rotatable bonds is 8. The standard InChI is InChI=1S/C25H22Br2INO5/c1-14(2)18-13-17(8-9-22(18)30)34-23-19(26)11-16(12-20(23)27)24(31)29(28)21(25(32)33)10-15-6-4-3-5-7-15/h3-9,11-14,21,30H,10H2,1-2H3,(H,32,33). The number of halogens is 3. The van der Waals surface area contributed by atoms with Gasteiger partial charge in [0.05, 0.1) is 31.8 Å². The molecule has 0 aliphatic rings. The van der Waals surface area contributed by atoms with E-state index in [2.05, 4.69) is 31.9 Å². The fraction of sp³-hybridized carbons (Fsp3) is 0.200. The van der Waals surface area contributed by atoms with Crippen molar-refractivity contribution in [3.8, 4) is 17.2 Å². The monoisotopic (exact) mass is 701 g/mol. The Morgan fingerprint density at radius 2 is 1.65 bits per heavy atom. The predicted octanol–water partition coefficient (Wildman–Crippen LogP) is 7.32. The fourth-order valence-electron chi connectivity index (χ4n) is 3.32. The van der Waals surface area contributed by atoms with Crippen molar-refractivity contribution in [2.24, 2.45) is 0 Å². The molecule has 0 radical (unpaired) electrons. The molecule has 0 saturated heterocycles. The molecule has 0 aromatic heterocycles. The number of ether oxygens (including phenoxy) is 1. The molecule has 1 atom stereocenters. The van der Waals surface area contributed by atoms with E-state index in [-0.39, 0.29) is 18.1 Å². The number of hydrogen-bond acceptors (Lipinski definition) is 4. The highest BCUT2D eigenvalue weighted by Gasteiger charge is 2.30. The van der Waals surface area contributed by atoms with Gasteiger partial charge in [-0.25, -0.2) is 4.79 Å². The Hall–Kier alpha value is -2.11. The van der Waals surface area contributed by atoms with Crippen molar-refractivity contribution in [2.45, 2.75) is 32.2 Å². The molecule has 34 heavy (non-hydrogen) atoms. The Labute approximate surface area is 228 Å². The molecule has 9 heteroatoms. The van der Waals surface area contributed by atoms with Gasteiger partial charge in [-0.05, 0) is 73.7 Å². The number of benzene rings is 3. The average Bonchev–Trinajstić information content (AvgIpc) is 2.80. The maximum atomic E-state index is 13.2. The smallest absolute Gasteiger partial charge is 0.327 e. The van der Waals surface area contributed by atoms with Crippen LogP contribution in [0.2, 0.25) is 0 Å². The van der Waals surface area contributed by atoms with Gasteiger partial charge in [-0.3, -0.25) is 7.91 Å². The van der Waals surface area contributed by atoms with Crippen LogP contribution in [0.25, 0.3) is 0 Å². The lowest BCUT2D eigenvalue weighted by atomic mass is 10.0. The van der Waals surface area contributed by atoms with Gasteiger partial charge in [-0.15, -0.1) is 0 Å². The third-order valence-corrected chi connectivity index (χ3v) is 7.40. The van der Waals surface area contributed by atoms with Crippen LogP contribution in [0.15, 0.2) is 69.6 Å². The highest BCUT2D eigenvalue weighted by atomic mass is 127. The molecule has 3 aromatic rings. The summed E-state index contributed by atoms with van der Waals surface area (Å²) in [5.41, 5.74) is 1.88. The number of phenolic OH excluding ortho intramolecular Hbond substituents is 1. The summed E-state index contributed by atoms with van der Waals surface area (Å²) in [5.74, 6) is -0.223. The van der Waals surface area contributed by atoms with Crippen LogP contribution in [0, 0.1) is 0 Å². The molecule has 6 nitrogen and oxygen atoms in total. The summed E-state index contributed by atoms with van der Waals surface area (Å²) in [6.45, 7) is 3.95. The number of aliphatic carboxylic acids is 1. The van der Waals surface area contributed by atoms with Crippen LogP contribution in [-0.4, -0.2) is 31.2 Å². The second-order valence-electron chi connectivity index (χ2n) is 7.91. The summed E-state index contributed by atoms with van der Waals surface area (Å²) in [7, 11) is 0. The Bertz CT molecular complexity index is 1180. The van der Waals surface area contributed by atoms with Crippen LogP contribution in [0.5, 0.6) is 17.2 Å². The molecule has 1 amide bonds. The van der Waals surface area contributed by atoms with Crippen molar-refractivity contribution in [2.75, 3.05) is 0 Å². The van der Waals surface area contributed by atoms with E-state index in [1.165, 1.54) is 3.11 Å². The zero-order valence-corrected chi connectivity index (χ0v) is 23.7. The number of hydrogen-bond donors (Lipinski definition) is 2. The molecule has 0 bridgehead atoms. The van der Waals surface area contributed by atoms with Crippen LogP contribution < -0.4 is 4.74 Å². The van der Waals surface area contributed by atoms with Crippen molar-refractivity contribution >= 4 is 66.6 Å². The zero-order valence-electron chi connectivity index (χ0n) is 18.3. The number of carboxylic acids is 1. The van der Waals surface area contributed by atoms with Gasteiger partial charge in [0.2, 0.25) is 0 Å². The summed E-state index contributed by atoms with van der Waals surface area (Å²) in [6, 6.07) is 16.4. The second kappa shape index (κ2) is 11.5. The van der Waals surface area contributed by atoms with Gasteiger partial charge in [-0.2, -0.15) is 0 Å². The van der Waals surface area contributed by atoms with E-state index < -0.39 is 17.9 Å². The molecule has 0 aliphatic heterocycles. The van der Waals surface area contributed by atoms with Gasteiger partial charge in [0.1, 0.15) is 17.5 Å². The molecule has 0 heterocycles. The van der Waals surface area contributed by atoms with Crippen LogP contribution in [0.3, 0.4) is 0 Å². The van der Waals surface area contributed by atoms with Gasteiger partial charge < -0.3 is 14.9 Å². The minimum absolute atomic E-state index is 0.114. The zero-order chi connectivity index (χ0) is 25.0. The van der Waals surface area contributed by atoms with Gasteiger partial charge in [0, 0.05) is 17.5 Å². The van der Waals surface area contributed by atoms with E-state index in [4.69, 9.17) is 4.74 Å². The number of carbonyl (C=O) groups is 2. The van der Waals surface area contributed by atoms with Crippen LogP contribution in [-0.2, 0) is 11.2 Å². The Morgan fingerprint density at radius 3 is 2.21 bits per heavy atom. The van der Waals surface area contributed by atoms with E-state index in [0.29, 0.717) is 26.0 Å². The Morgan fingerprint density at radius 1 is 1.03 bits per heavy atom. The first-order valence-electron chi connectivity index (χ1n) is 10.3. The first-order valence-corrected chi connectivity index (χ1v) is 12.9. The van der Waals surface area contributed by atoms with Crippen molar-refractivity contribution in [1.29, 1.82) is 0 Å². The molecule has 178 valence electrons. The van der Waals surface area contributed by atoms with E-state index in [0.717, 1.165) is 11.1 Å². The van der Waals surface area contributed by atoms with Crippen molar-refractivity contribution in [3.63, 3.8) is 0 Å². The Balaban J connectivity index is 1.85. The largest absolute Gasteiger partial charge is 0.508 e. The molecule has 3 aromatic carbocycles. The molecular formula is C25H22Br2INO5. The van der Waals surface area contributed by atoms with E-state index in [9.17, 15) is 19.8 Å². The molecule has 0 fully saturated rings. The molecule has 3 rings (SSSR count). The van der Waals surface area contributed by atoms with Crippen LogP contribution in [0.4, 0.5) is 0 Å². The Kier molecular flexibility index (Phi) is 9.00. The minimum Gasteiger partial charge on any atom is -0.508 e. The normalized spacial score (nSPS) is 11.8. The lowest BCUT2D eigenvalue weighted by Crippen LogP contribution is -2.40. The van der Waals surface area contributed by atoms with Gasteiger partial charge in [0.15, 0.2) is 5.75 Å². The SMILES string of the molecule is CC(C)c1cc(Oc2c(Br)cc(C(=O)N(I)C(Cc3ccccc3)C(=O)O)cc2Br)ccc1O. The first kappa shape index (κ1) is 26.5. The summed E-state index contributed by atoms with van der Waals surface area (Å²) in [4.78, 5) is 25.1. The predicted molar refractivity (Wildman–Crippen MR) is 146 cm³/mol. The first-order chi connectivity index (χ1) is 16.1. The van der Waals surface area contributed by atoms with E-state index >= 15 is 0 Å².